The number of aromatic nitrogens is 2. The second-order valence-corrected chi connectivity index (χ2v) is 43.5. The summed E-state index contributed by atoms with van der Waals surface area (Å²) in [5.41, 5.74) is 36.7. The van der Waals surface area contributed by atoms with E-state index in [2.05, 4.69) is 458 Å². The van der Waals surface area contributed by atoms with Gasteiger partial charge >= 0.3 is 0 Å². The molecule has 14 aromatic carbocycles. The van der Waals surface area contributed by atoms with Gasteiger partial charge in [0.2, 0.25) is 0 Å². The van der Waals surface area contributed by atoms with E-state index in [9.17, 15) is 0 Å². The first kappa shape index (κ1) is 79.9. The summed E-state index contributed by atoms with van der Waals surface area (Å²) in [4.78, 5) is 5.65. The lowest BCUT2D eigenvalue weighted by molar-refractivity contribution is 0.570. The van der Waals surface area contributed by atoms with E-state index in [1.54, 1.807) is 0 Å². The fraction of sp³-hybridized carbons (Fsp3) is 0.276. The Bertz CT molecular complexity index is 6920. The number of hydrogen-bond acceptors (Lipinski definition) is 3. The molecule has 0 radical (unpaired) electrons. The maximum Gasteiger partial charge on any atom is 0.252 e. The average molecular weight is 1590 g/mol. The fourth-order valence-electron chi connectivity index (χ4n) is 19.7. The predicted octanol–water partition coefficient (Wildman–Crippen LogP) is 30.9. The Hall–Kier alpha value is -11.9. The highest BCUT2D eigenvalue weighted by Gasteiger charge is 2.50. The fourth-order valence-corrected chi connectivity index (χ4v) is 19.7. The molecular weight excluding hydrogens is 1480 g/mol. The summed E-state index contributed by atoms with van der Waals surface area (Å²) >= 11 is 0. The van der Waals surface area contributed by atoms with E-state index in [4.69, 9.17) is 4.42 Å². The third kappa shape index (κ3) is 13.2. The molecule has 0 bridgehead atoms. The molecule has 2 aliphatic rings. The van der Waals surface area contributed by atoms with Crippen molar-refractivity contribution in [1.82, 2.24) is 9.13 Å². The minimum atomic E-state index is -0.466. The van der Waals surface area contributed by atoms with Crippen LogP contribution < -0.4 is 26.2 Å². The highest BCUT2D eigenvalue weighted by Crippen LogP contribution is 2.59. The molecule has 0 fully saturated rings. The molecule has 0 saturated carbocycles. The van der Waals surface area contributed by atoms with Gasteiger partial charge in [0.1, 0.15) is 11.2 Å². The number of para-hydroxylation sites is 2. The molecule has 2 aliphatic heterocycles. The number of benzene rings is 14. The molecule has 122 heavy (non-hydrogen) atoms. The van der Waals surface area contributed by atoms with Gasteiger partial charge in [0.05, 0.1) is 33.4 Å². The van der Waals surface area contributed by atoms with Crippen molar-refractivity contribution in [2.24, 2.45) is 0 Å². The molecule has 5 heterocycles. The number of rotatable bonds is 8. The van der Waals surface area contributed by atoms with Crippen LogP contribution in [0, 0.1) is 0 Å². The first-order valence-electron chi connectivity index (χ1n) is 44.3. The standard InChI is InChI=1S/C116H117BN4O/c1-109(2,3)73-47-55-96-87(59-73)88-60-74(110(4,5)6)48-56-97(88)118(96)79-51-53-94-100(67-79)120(104-84(70-37-28-25-29-38-70)63-77(113(13,14)15)64-85(104)71-39-30-26-31-40-71)106-92(115(19,20)21)69-93(116(22,23)24)107-103(106)117(94)95-54-52-80(119-98-57-49-75(111(7,8)9)61-89(98)90-62-76(112(10,11)12)50-58-99(90)119)68-101(95)121(107)105-86(72-41-32-27-33-42-72)65-78(114(16,17)18)66-91(105)83-45-36-44-82-81-43-34-35-46-102(81)122-108(82)83/h25-69H,1-24H3. The van der Waals surface area contributed by atoms with Gasteiger partial charge in [-0.1, -0.05) is 336 Å². The largest absolute Gasteiger partial charge is 0.455 e. The summed E-state index contributed by atoms with van der Waals surface area (Å²) in [6.07, 6.45) is 0. The Morgan fingerprint density at radius 1 is 0.238 bits per heavy atom. The molecule has 0 N–H and O–H groups in total. The van der Waals surface area contributed by atoms with Crippen LogP contribution >= 0.6 is 0 Å². The molecule has 0 aliphatic carbocycles. The SMILES string of the molecule is CC(C)(C)c1cc(-c2ccccc2)c(N2c3cc(-n4c5ccc(C(C)(C)C)cc5c5cc(C(C)(C)C)ccc54)ccc3B3c4ccc(-n5c6ccc(C(C)(C)C)cc6c6cc(C(C)(C)C)ccc65)cc4N(c4c(-c5ccccc5)cc(C(C)(C)C)cc4-c4cccc5c4oc4ccccc45)c4c(C(C)(C)C)cc(C(C)(C)C)c2c43)c(-c2ccccc2)c1. The Labute approximate surface area is 724 Å². The molecule has 610 valence electrons. The van der Waals surface area contributed by atoms with Crippen molar-refractivity contribution >= 4 is 123 Å². The minimum Gasteiger partial charge on any atom is -0.455 e. The molecule has 17 aromatic rings. The number of fused-ring (bicyclic) bond motifs is 13. The van der Waals surface area contributed by atoms with Crippen molar-refractivity contribution in [1.29, 1.82) is 0 Å². The Balaban J connectivity index is 1.04. The molecule has 3 aromatic heterocycles. The van der Waals surface area contributed by atoms with Crippen molar-refractivity contribution in [3.8, 4) is 55.9 Å². The summed E-state index contributed by atoms with van der Waals surface area (Å²) in [6.45, 7) is 56.9. The quantitative estimate of drug-likeness (QED) is 0.142. The predicted molar refractivity (Wildman–Crippen MR) is 528 cm³/mol. The zero-order chi connectivity index (χ0) is 85.9. The van der Waals surface area contributed by atoms with Crippen LogP contribution in [0.1, 0.15) is 211 Å². The van der Waals surface area contributed by atoms with Crippen LogP contribution in [0.15, 0.2) is 277 Å². The molecule has 0 spiro atoms. The highest BCUT2D eigenvalue weighted by atomic mass is 16.3. The number of nitrogens with zero attached hydrogens (tertiary/aromatic N) is 4. The van der Waals surface area contributed by atoms with E-state index in [0.717, 1.165) is 89.4 Å². The van der Waals surface area contributed by atoms with E-state index >= 15 is 0 Å². The van der Waals surface area contributed by atoms with Gasteiger partial charge in [-0.2, -0.15) is 0 Å². The van der Waals surface area contributed by atoms with Gasteiger partial charge < -0.3 is 23.4 Å². The minimum absolute atomic E-state index is 0.0819. The number of hydrogen-bond donors (Lipinski definition) is 0. The lowest BCUT2D eigenvalue weighted by Gasteiger charge is -2.49. The van der Waals surface area contributed by atoms with Gasteiger partial charge in [-0.25, -0.2) is 0 Å². The normalized spacial score (nSPS) is 13.7. The van der Waals surface area contributed by atoms with E-state index in [1.165, 1.54) is 127 Å². The van der Waals surface area contributed by atoms with Gasteiger partial charge in [0.15, 0.2) is 0 Å². The van der Waals surface area contributed by atoms with Crippen LogP contribution in [-0.4, -0.2) is 15.8 Å². The summed E-state index contributed by atoms with van der Waals surface area (Å²) in [6, 6.07) is 107. The zero-order valence-corrected chi connectivity index (χ0v) is 76.3. The van der Waals surface area contributed by atoms with E-state index in [1.807, 2.05) is 0 Å². The van der Waals surface area contributed by atoms with Crippen LogP contribution in [0.5, 0.6) is 0 Å². The summed E-state index contributed by atoms with van der Waals surface area (Å²) < 4.78 is 12.6. The second-order valence-electron chi connectivity index (χ2n) is 43.5. The third-order valence-electron chi connectivity index (χ3n) is 26.7. The molecular formula is C116H117BN4O. The van der Waals surface area contributed by atoms with Crippen molar-refractivity contribution in [2.45, 2.75) is 209 Å². The molecule has 0 amide bonds. The summed E-state index contributed by atoms with van der Waals surface area (Å²) in [5, 5.41) is 7.21. The zero-order valence-electron chi connectivity index (χ0n) is 76.3. The molecule has 6 heteroatoms. The molecule has 0 atom stereocenters. The van der Waals surface area contributed by atoms with Crippen LogP contribution in [-0.2, 0) is 43.3 Å². The highest BCUT2D eigenvalue weighted by molar-refractivity contribution is 7.00. The maximum absolute atomic E-state index is 7.41. The molecule has 5 nitrogen and oxygen atoms in total. The van der Waals surface area contributed by atoms with Crippen LogP contribution in [0.4, 0.5) is 34.1 Å². The molecule has 0 unspecified atom stereocenters. The maximum atomic E-state index is 7.41. The van der Waals surface area contributed by atoms with Gasteiger partial charge in [-0.05, 0) is 224 Å². The lowest BCUT2D eigenvalue weighted by atomic mass is 9.32. The van der Waals surface area contributed by atoms with Crippen molar-refractivity contribution in [2.75, 3.05) is 9.80 Å². The topological polar surface area (TPSA) is 29.5 Å². The number of anilines is 6. The second kappa shape index (κ2) is 27.8. The van der Waals surface area contributed by atoms with Gasteiger partial charge in [0.25, 0.3) is 6.71 Å². The van der Waals surface area contributed by atoms with Gasteiger partial charge in [-0.15, -0.1) is 0 Å². The molecule has 19 rings (SSSR count). The first-order valence-corrected chi connectivity index (χ1v) is 44.3. The van der Waals surface area contributed by atoms with E-state index in [-0.39, 0.29) is 39.2 Å². The van der Waals surface area contributed by atoms with Gasteiger partial charge in [0, 0.05) is 94.3 Å². The lowest BCUT2D eigenvalue weighted by Crippen LogP contribution is -2.62. The Morgan fingerprint density at radius 3 is 0.918 bits per heavy atom. The van der Waals surface area contributed by atoms with Gasteiger partial charge in [-0.3, -0.25) is 0 Å². The Morgan fingerprint density at radius 2 is 0.566 bits per heavy atom. The number of furan rings is 1. The Kier molecular flexibility index (Phi) is 18.2. The summed E-state index contributed by atoms with van der Waals surface area (Å²) in [7, 11) is 0. The van der Waals surface area contributed by atoms with Crippen molar-refractivity contribution in [3.05, 3.63) is 317 Å². The van der Waals surface area contributed by atoms with Crippen LogP contribution in [0.2, 0.25) is 0 Å². The average Bonchev–Trinajstić information content (AvgIpc) is 0.805. The monoisotopic (exact) mass is 1590 g/mol. The van der Waals surface area contributed by atoms with Crippen molar-refractivity contribution in [3.63, 3.8) is 0 Å². The van der Waals surface area contributed by atoms with Crippen molar-refractivity contribution < 1.29 is 4.42 Å². The molecule has 0 saturated heterocycles. The van der Waals surface area contributed by atoms with E-state index < -0.39 is 10.8 Å². The smallest absolute Gasteiger partial charge is 0.252 e. The third-order valence-corrected chi connectivity index (χ3v) is 26.7. The summed E-state index contributed by atoms with van der Waals surface area (Å²) in [5.74, 6) is 0. The van der Waals surface area contributed by atoms with E-state index in [0.29, 0.717) is 0 Å². The van der Waals surface area contributed by atoms with Crippen LogP contribution in [0.3, 0.4) is 0 Å². The van der Waals surface area contributed by atoms with Crippen LogP contribution in [0.25, 0.3) is 121 Å². The first-order chi connectivity index (χ1) is 57.6.